The number of rotatable bonds is 6. The van der Waals surface area contributed by atoms with E-state index >= 15 is 0 Å². The first-order valence-corrected chi connectivity index (χ1v) is 7.03. The fourth-order valence-electron chi connectivity index (χ4n) is 2.04. The van der Waals surface area contributed by atoms with Crippen LogP contribution in [-0.2, 0) is 4.79 Å². The van der Waals surface area contributed by atoms with Crippen molar-refractivity contribution in [3.8, 4) is 0 Å². The normalized spacial score (nSPS) is 10.1. The van der Waals surface area contributed by atoms with E-state index in [2.05, 4.69) is 5.32 Å². The summed E-state index contributed by atoms with van der Waals surface area (Å²) in [6, 6.07) is 5.22. The van der Waals surface area contributed by atoms with Gasteiger partial charge in [0, 0.05) is 38.6 Å². The second kappa shape index (κ2) is 7.52. The molecule has 6 heteroatoms. The van der Waals surface area contributed by atoms with Gasteiger partial charge in [0.15, 0.2) is 0 Å². The molecule has 0 fully saturated rings. The van der Waals surface area contributed by atoms with Crippen LogP contribution in [0.1, 0.15) is 24.2 Å². The Bertz CT molecular complexity index is 514. The number of hydrogen-bond donors (Lipinski definition) is 2. The van der Waals surface area contributed by atoms with Crippen LogP contribution in [-0.4, -0.2) is 50.4 Å². The molecule has 0 aliphatic rings. The second-order valence-electron chi connectivity index (χ2n) is 4.94. The third kappa shape index (κ3) is 4.37. The minimum Gasteiger partial charge on any atom is -0.399 e. The SMILES string of the molecule is CCNC(=O)CN(CC)C(=O)c1cc(N)ccc1N(C)C. The maximum absolute atomic E-state index is 12.7. The van der Waals surface area contributed by atoms with Crippen molar-refractivity contribution in [3.63, 3.8) is 0 Å². The summed E-state index contributed by atoms with van der Waals surface area (Å²) in [5.41, 5.74) is 7.60. The van der Waals surface area contributed by atoms with Crippen LogP contribution in [0.15, 0.2) is 18.2 Å². The van der Waals surface area contributed by atoms with Crippen molar-refractivity contribution < 1.29 is 9.59 Å². The van der Waals surface area contributed by atoms with E-state index in [0.717, 1.165) is 5.69 Å². The Balaban J connectivity index is 3.04. The fourth-order valence-corrected chi connectivity index (χ4v) is 2.04. The van der Waals surface area contributed by atoms with Crippen LogP contribution in [0.3, 0.4) is 0 Å². The molecule has 1 aromatic carbocycles. The highest BCUT2D eigenvalue weighted by molar-refractivity contribution is 6.02. The van der Waals surface area contributed by atoms with Gasteiger partial charge in [0.1, 0.15) is 0 Å². The van der Waals surface area contributed by atoms with Crippen LogP contribution in [0.5, 0.6) is 0 Å². The second-order valence-corrected chi connectivity index (χ2v) is 4.94. The van der Waals surface area contributed by atoms with Gasteiger partial charge in [0.25, 0.3) is 5.91 Å². The summed E-state index contributed by atoms with van der Waals surface area (Å²) < 4.78 is 0. The van der Waals surface area contributed by atoms with E-state index in [9.17, 15) is 9.59 Å². The van der Waals surface area contributed by atoms with Gasteiger partial charge in [0.2, 0.25) is 5.91 Å². The molecule has 0 saturated heterocycles. The molecule has 0 atom stereocenters. The number of nitrogens with zero attached hydrogens (tertiary/aromatic N) is 2. The summed E-state index contributed by atoms with van der Waals surface area (Å²) in [6.07, 6.45) is 0. The predicted molar refractivity (Wildman–Crippen MR) is 85.4 cm³/mol. The van der Waals surface area contributed by atoms with Crippen LogP contribution in [0.2, 0.25) is 0 Å². The molecule has 0 saturated carbocycles. The van der Waals surface area contributed by atoms with Gasteiger partial charge >= 0.3 is 0 Å². The van der Waals surface area contributed by atoms with E-state index in [0.29, 0.717) is 24.3 Å². The Labute approximate surface area is 125 Å². The molecule has 6 nitrogen and oxygen atoms in total. The highest BCUT2D eigenvalue weighted by Gasteiger charge is 2.21. The molecule has 0 bridgehead atoms. The summed E-state index contributed by atoms with van der Waals surface area (Å²) >= 11 is 0. The predicted octanol–water partition coefficient (Wildman–Crippen LogP) is 0.933. The average Bonchev–Trinajstić information content (AvgIpc) is 2.43. The third-order valence-electron chi connectivity index (χ3n) is 3.11. The Kier molecular flexibility index (Phi) is 6.02. The van der Waals surface area contributed by atoms with Crippen molar-refractivity contribution in [1.82, 2.24) is 10.2 Å². The molecule has 0 radical (unpaired) electrons. The molecular weight excluding hydrogens is 268 g/mol. The summed E-state index contributed by atoms with van der Waals surface area (Å²) in [7, 11) is 3.73. The van der Waals surface area contributed by atoms with Gasteiger partial charge < -0.3 is 20.9 Å². The van der Waals surface area contributed by atoms with Gasteiger partial charge in [-0.15, -0.1) is 0 Å². The van der Waals surface area contributed by atoms with Crippen molar-refractivity contribution in [3.05, 3.63) is 23.8 Å². The maximum atomic E-state index is 12.7. The van der Waals surface area contributed by atoms with Gasteiger partial charge in [-0.05, 0) is 32.0 Å². The first kappa shape index (κ1) is 16.8. The smallest absolute Gasteiger partial charge is 0.256 e. The highest BCUT2D eigenvalue weighted by atomic mass is 16.2. The summed E-state index contributed by atoms with van der Waals surface area (Å²) in [5, 5.41) is 2.70. The lowest BCUT2D eigenvalue weighted by molar-refractivity contribution is -0.121. The number of nitrogen functional groups attached to an aromatic ring is 1. The Morgan fingerprint density at radius 2 is 1.90 bits per heavy atom. The zero-order chi connectivity index (χ0) is 16.0. The number of likely N-dealkylation sites (N-methyl/N-ethyl adjacent to an activating group) is 2. The number of benzene rings is 1. The maximum Gasteiger partial charge on any atom is 0.256 e. The molecule has 0 unspecified atom stereocenters. The summed E-state index contributed by atoms with van der Waals surface area (Å²) in [5.74, 6) is -0.359. The zero-order valence-corrected chi connectivity index (χ0v) is 13.1. The van der Waals surface area contributed by atoms with Crippen LogP contribution >= 0.6 is 0 Å². The number of nitrogens with two attached hydrogens (primary N) is 1. The molecule has 0 aliphatic heterocycles. The lowest BCUT2D eigenvalue weighted by Crippen LogP contribution is -2.41. The minimum absolute atomic E-state index is 0.0465. The standard InChI is InChI=1S/C15H24N4O2/c1-5-17-14(20)10-19(6-2)15(21)12-9-11(16)7-8-13(12)18(3)4/h7-9H,5-6,10,16H2,1-4H3,(H,17,20). The number of amides is 2. The Hall–Kier alpha value is -2.24. The molecule has 3 N–H and O–H groups in total. The summed E-state index contributed by atoms with van der Waals surface area (Å²) in [6.45, 7) is 4.74. The first-order chi connectivity index (χ1) is 9.90. The number of carbonyl (C=O) groups excluding carboxylic acids is 2. The van der Waals surface area contributed by atoms with Crippen molar-refractivity contribution in [1.29, 1.82) is 0 Å². The third-order valence-corrected chi connectivity index (χ3v) is 3.11. The molecule has 21 heavy (non-hydrogen) atoms. The first-order valence-electron chi connectivity index (χ1n) is 7.03. The van der Waals surface area contributed by atoms with E-state index in [1.165, 1.54) is 4.90 Å². The number of anilines is 2. The van der Waals surface area contributed by atoms with E-state index < -0.39 is 0 Å². The van der Waals surface area contributed by atoms with E-state index in [1.54, 1.807) is 12.1 Å². The van der Waals surface area contributed by atoms with E-state index in [4.69, 9.17) is 5.73 Å². The molecule has 2 amide bonds. The lowest BCUT2D eigenvalue weighted by Gasteiger charge is -2.24. The molecule has 1 aromatic rings. The van der Waals surface area contributed by atoms with Crippen LogP contribution in [0.4, 0.5) is 11.4 Å². The molecule has 1 rings (SSSR count). The monoisotopic (exact) mass is 292 g/mol. The fraction of sp³-hybridized carbons (Fsp3) is 0.467. The molecule has 0 aromatic heterocycles. The topological polar surface area (TPSA) is 78.7 Å². The zero-order valence-electron chi connectivity index (χ0n) is 13.1. The van der Waals surface area contributed by atoms with Crippen LogP contribution in [0, 0.1) is 0 Å². The van der Waals surface area contributed by atoms with Crippen molar-refractivity contribution in [2.45, 2.75) is 13.8 Å². The lowest BCUT2D eigenvalue weighted by atomic mass is 10.1. The van der Waals surface area contributed by atoms with Gasteiger partial charge in [-0.1, -0.05) is 0 Å². The molecule has 0 spiro atoms. The van der Waals surface area contributed by atoms with Gasteiger partial charge in [-0.3, -0.25) is 9.59 Å². The van der Waals surface area contributed by atoms with E-state index in [1.807, 2.05) is 38.9 Å². The molecule has 116 valence electrons. The average molecular weight is 292 g/mol. The molecule has 0 heterocycles. The molecular formula is C15H24N4O2. The van der Waals surface area contributed by atoms with Gasteiger partial charge in [-0.2, -0.15) is 0 Å². The number of hydrogen-bond acceptors (Lipinski definition) is 4. The van der Waals surface area contributed by atoms with Gasteiger partial charge in [-0.25, -0.2) is 0 Å². The van der Waals surface area contributed by atoms with Crippen molar-refractivity contribution >= 4 is 23.2 Å². The van der Waals surface area contributed by atoms with Crippen LogP contribution < -0.4 is 16.0 Å². The van der Waals surface area contributed by atoms with E-state index in [-0.39, 0.29) is 18.4 Å². The number of carbonyl (C=O) groups is 2. The Morgan fingerprint density at radius 3 is 2.43 bits per heavy atom. The van der Waals surface area contributed by atoms with Crippen LogP contribution in [0.25, 0.3) is 0 Å². The van der Waals surface area contributed by atoms with Crippen molar-refractivity contribution in [2.24, 2.45) is 0 Å². The van der Waals surface area contributed by atoms with Gasteiger partial charge in [0.05, 0.1) is 12.1 Å². The van der Waals surface area contributed by atoms with Crippen molar-refractivity contribution in [2.75, 3.05) is 44.4 Å². The highest BCUT2D eigenvalue weighted by Crippen LogP contribution is 2.23. The largest absolute Gasteiger partial charge is 0.399 e. The number of nitrogens with one attached hydrogen (secondary N) is 1. The molecule has 0 aliphatic carbocycles. The Morgan fingerprint density at radius 1 is 1.24 bits per heavy atom. The quantitative estimate of drug-likeness (QED) is 0.765. The summed E-state index contributed by atoms with van der Waals surface area (Å²) in [4.78, 5) is 27.7. The minimum atomic E-state index is -0.195.